The number of benzene rings is 1. The minimum absolute atomic E-state index is 0.151. The normalized spacial score (nSPS) is 13.5. The summed E-state index contributed by atoms with van der Waals surface area (Å²) in [5.74, 6) is 1.52. The molecular weight excluding hydrogens is 354 g/mol. The lowest BCUT2D eigenvalue weighted by Crippen LogP contribution is -2.01. The zero-order valence-electron chi connectivity index (χ0n) is 13.7. The lowest BCUT2D eigenvalue weighted by atomic mass is 9.92. The molecule has 0 aliphatic rings. The molecule has 5 heteroatoms. The minimum Gasteiger partial charge on any atom is -0.497 e. The third-order valence-electron chi connectivity index (χ3n) is 3.73. The van der Waals surface area contributed by atoms with Crippen molar-refractivity contribution in [3.8, 4) is 5.75 Å². The van der Waals surface area contributed by atoms with Crippen molar-refractivity contribution in [2.75, 3.05) is 12.8 Å². The van der Waals surface area contributed by atoms with Crippen LogP contribution in [0.1, 0.15) is 30.5 Å². The SMILES string of the molecule is C/C=C(Br)\C=C\CC(c1ccc(OC)cc1)c1cn(C)c(N)n1. The molecule has 1 unspecified atom stereocenters. The molecule has 0 bridgehead atoms. The first-order chi connectivity index (χ1) is 11.0. The average Bonchev–Trinajstić information content (AvgIpc) is 2.90. The molecule has 1 aromatic heterocycles. The van der Waals surface area contributed by atoms with Crippen LogP contribution in [0.5, 0.6) is 5.75 Å². The van der Waals surface area contributed by atoms with Gasteiger partial charge in [-0.1, -0.05) is 46.3 Å². The number of nitrogens with two attached hydrogens (primary N) is 1. The number of halogens is 1. The fourth-order valence-corrected chi connectivity index (χ4v) is 2.54. The molecule has 4 nitrogen and oxygen atoms in total. The molecule has 2 aromatic rings. The Labute approximate surface area is 145 Å². The van der Waals surface area contributed by atoms with Crippen LogP contribution in [0, 0.1) is 0 Å². The first-order valence-electron chi connectivity index (χ1n) is 7.46. The fraction of sp³-hybridized carbons (Fsp3) is 0.278. The maximum Gasteiger partial charge on any atom is 0.200 e. The van der Waals surface area contributed by atoms with Gasteiger partial charge in [-0.15, -0.1) is 0 Å². The van der Waals surface area contributed by atoms with Crippen LogP contribution in [-0.4, -0.2) is 16.7 Å². The Kier molecular flexibility index (Phi) is 6.04. The first-order valence-corrected chi connectivity index (χ1v) is 8.25. The van der Waals surface area contributed by atoms with Gasteiger partial charge in [-0.2, -0.15) is 0 Å². The summed E-state index contributed by atoms with van der Waals surface area (Å²) in [5, 5.41) is 0. The number of allylic oxidation sites excluding steroid dienone is 4. The van der Waals surface area contributed by atoms with Crippen LogP contribution in [0.3, 0.4) is 0 Å². The van der Waals surface area contributed by atoms with E-state index in [1.165, 1.54) is 5.56 Å². The number of rotatable bonds is 6. The smallest absolute Gasteiger partial charge is 0.200 e. The van der Waals surface area contributed by atoms with Gasteiger partial charge >= 0.3 is 0 Å². The molecule has 122 valence electrons. The van der Waals surface area contributed by atoms with Gasteiger partial charge in [-0.05, 0) is 31.0 Å². The van der Waals surface area contributed by atoms with Crippen LogP contribution >= 0.6 is 15.9 Å². The fourth-order valence-electron chi connectivity index (χ4n) is 2.35. The zero-order valence-corrected chi connectivity index (χ0v) is 15.2. The number of anilines is 1. The van der Waals surface area contributed by atoms with Gasteiger partial charge in [0.15, 0.2) is 5.95 Å². The molecule has 0 radical (unpaired) electrons. The van der Waals surface area contributed by atoms with Crippen molar-refractivity contribution in [2.24, 2.45) is 7.05 Å². The monoisotopic (exact) mass is 375 g/mol. The van der Waals surface area contributed by atoms with Crippen molar-refractivity contribution in [3.05, 3.63) is 64.4 Å². The van der Waals surface area contributed by atoms with Gasteiger partial charge in [-0.3, -0.25) is 0 Å². The van der Waals surface area contributed by atoms with Crippen LogP contribution in [0.2, 0.25) is 0 Å². The number of imidazole rings is 1. The summed E-state index contributed by atoms with van der Waals surface area (Å²) >= 11 is 3.49. The summed E-state index contributed by atoms with van der Waals surface area (Å²) in [7, 11) is 3.58. The third-order valence-corrected chi connectivity index (χ3v) is 4.45. The maximum atomic E-state index is 5.90. The number of hydrogen-bond acceptors (Lipinski definition) is 3. The molecule has 0 aliphatic heterocycles. The van der Waals surface area contributed by atoms with Crippen molar-refractivity contribution >= 4 is 21.9 Å². The predicted molar refractivity (Wildman–Crippen MR) is 98.9 cm³/mol. The molecule has 2 rings (SSSR count). The standard InChI is InChI=1S/C18H22BrN3O/c1-4-14(19)6-5-7-16(17-12-22(2)18(20)21-17)13-8-10-15(23-3)11-9-13/h4-6,8-12,16H,7H2,1-3H3,(H2,20,21)/b6-5+,14-4+. The van der Waals surface area contributed by atoms with Gasteiger partial charge in [0, 0.05) is 23.6 Å². The van der Waals surface area contributed by atoms with E-state index >= 15 is 0 Å². The van der Waals surface area contributed by atoms with Gasteiger partial charge in [0.2, 0.25) is 0 Å². The molecule has 0 fully saturated rings. The second-order valence-electron chi connectivity index (χ2n) is 5.27. The van der Waals surface area contributed by atoms with Crippen LogP contribution in [0.15, 0.2) is 53.2 Å². The Balaban J connectivity index is 2.31. The molecule has 0 saturated heterocycles. The second kappa shape index (κ2) is 8.02. The summed E-state index contributed by atoms with van der Waals surface area (Å²) in [4.78, 5) is 4.50. The topological polar surface area (TPSA) is 53.1 Å². The van der Waals surface area contributed by atoms with E-state index in [2.05, 4.69) is 45.2 Å². The quantitative estimate of drug-likeness (QED) is 0.761. The molecule has 2 N–H and O–H groups in total. The van der Waals surface area contributed by atoms with Crippen LogP contribution in [0.4, 0.5) is 5.95 Å². The van der Waals surface area contributed by atoms with Gasteiger partial charge in [-0.25, -0.2) is 4.98 Å². The highest BCUT2D eigenvalue weighted by molar-refractivity contribution is 9.11. The molecule has 1 aromatic carbocycles. The number of aromatic nitrogens is 2. The third kappa shape index (κ3) is 4.48. The number of methoxy groups -OCH3 is 1. The van der Waals surface area contributed by atoms with E-state index in [1.807, 2.05) is 42.9 Å². The van der Waals surface area contributed by atoms with Gasteiger partial charge < -0.3 is 15.0 Å². The second-order valence-corrected chi connectivity index (χ2v) is 6.19. The molecule has 23 heavy (non-hydrogen) atoms. The van der Waals surface area contributed by atoms with E-state index in [-0.39, 0.29) is 5.92 Å². The highest BCUT2D eigenvalue weighted by Gasteiger charge is 2.17. The zero-order chi connectivity index (χ0) is 16.8. The molecule has 0 saturated carbocycles. The van der Waals surface area contributed by atoms with Crippen molar-refractivity contribution in [1.29, 1.82) is 0 Å². The Bertz CT molecular complexity index is 682. The highest BCUT2D eigenvalue weighted by Crippen LogP contribution is 2.30. The molecule has 0 spiro atoms. The first kappa shape index (κ1) is 17.3. The number of ether oxygens (including phenoxy) is 1. The van der Waals surface area contributed by atoms with Gasteiger partial charge in [0.05, 0.1) is 12.8 Å². The van der Waals surface area contributed by atoms with Crippen LogP contribution in [0.25, 0.3) is 0 Å². The van der Waals surface area contributed by atoms with E-state index in [4.69, 9.17) is 10.5 Å². The summed E-state index contributed by atoms with van der Waals surface area (Å²) in [6.45, 7) is 1.99. The van der Waals surface area contributed by atoms with Crippen molar-refractivity contribution in [2.45, 2.75) is 19.3 Å². The lowest BCUT2D eigenvalue weighted by Gasteiger charge is -2.14. The van der Waals surface area contributed by atoms with Gasteiger partial charge in [0.1, 0.15) is 5.75 Å². The van der Waals surface area contributed by atoms with E-state index in [1.54, 1.807) is 7.11 Å². The van der Waals surface area contributed by atoms with Crippen molar-refractivity contribution < 1.29 is 4.74 Å². The van der Waals surface area contributed by atoms with Crippen LogP contribution < -0.4 is 10.5 Å². The predicted octanol–water partition coefficient (Wildman–Crippen LogP) is 4.39. The Morgan fingerprint density at radius 3 is 2.61 bits per heavy atom. The maximum absolute atomic E-state index is 5.90. The number of nitrogens with zero attached hydrogens (tertiary/aromatic N) is 2. The lowest BCUT2D eigenvalue weighted by molar-refractivity contribution is 0.414. The Morgan fingerprint density at radius 2 is 2.09 bits per heavy atom. The van der Waals surface area contributed by atoms with Crippen molar-refractivity contribution in [1.82, 2.24) is 9.55 Å². The minimum atomic E-state index is 0.151. The van der Waals surface area contributed by atoms with Crippen molar-refractivity contribution in [3.63, 3.8) is 0 Å². The largest absolute Gasteiger partial charge is 0.497 e. The van der Waals surface area contributed by atoms with E-state index in [0.29, 0.717) is 5.95 Å². The summed E-state index contributed by atoms with van der Waals surface area (Å²) in [6.07, 6.45) is 9.04. The summed E-state index contributed by atoms with van der Waals surface area (Å²) in [5.41, 5.74) is 8.05. The number of aryl methyl sites for hydroxylation is 1. The van der Waals surface area contributed by atoms with E-state index < -0.39 is 0 Å². The number of nitrogen functional groups attached to an aromatic ring is 1. The number of hydrogen-bond donors (Lipinski definition) is 1. The van der Waals surface area contributed by atoms with Gasteiger partial charge in [0.25, 0.3) is 0 Å². The highest BCUT2D eigenvalue weighted by atomic mass is 79.9. The van der Waals surface area contributed by atoms with Crippen LogP contribution in [-0.2, 0) is 7.05 Å². The Morgan fingerprint density at radius 1 is 1.39 bits per heavy atom. The molecular formula is C18H22BrN3O. The average molecular weight is 376 g/mol. The Hall–Kier alpha value is -2.01. The molecule has 0 amide bonds. The van der Waals surface area contributed by atoms with E-state index in [0.717, 1.165) is 22.3 Å². The molecule has 0 aliphatic carbocycles. The summed E-state index contributed by atoms with van der Waals surface area (Å²) < 4.78 is 8.14. The molecule has 1 heterocycles. The van der Waals surface area contributed by atoms with E-state index in [9.17, 15) is 0 Å². The summed E-state index contributed by atoms with van der Waals surface area (Å²) in [6, 6.07) is 8.10. The molecule has 1 atom stereocenters.